The number of carbonyl (C=O) groups excluding carboxylic acids is 2. The first-order valence-corrected chi connectivity index (χ1v) is 9.81. The monoisotopic (exact) mass is 363 g/mol. The summed E-state index contributed by atoms with van der Waals surface area (Å²) in [6, 6.07) is 8.82. The van der Waals surface area contributed by atoms with E-state index in [2.05, 4.69) is 12.2 Å². The summed E-state index contributed by atoms with van der Waals surface area (Å²) in [5.74, 6) is -0.409. The van der Waals surface area contributed by atoms with E-state index in [-0.39, 0.29) is 6.61 Å². The smallest absolute Gasteiger partial charge is 0.407 e. The molecule has 0 bridgehead atoms. The number of hydrogen-bond acceptors (Lipinski definition) is 4. The second-order valence-electron chi connectivity index (χ2n) is 6.40. The number of carbonyl (C=O) groups is 2. The van der Waals surface area contributed by atoms with Crippen molar-refractivity contribution in [2.75, 3.05) is 13.2 Å². The van der Waals surface area contributed by atoms with E-state index in [0.717, 1.165) is 18.4 Å². The van der Waals surface area contributed by atoms with Crippen LogP contribution >= 0.6 is 0 Å². The van der Waals surface area contributed by atoms with E-state index in [1.807, 2.05) is 30.3 Å². The predicted molar refractivity (Wildman–Crippen MR) is 103 cm³/mol. The Bertz CT molecular complexity index is 504. The fourth-order valence-electron chi connectivity index (χ4n) is 2.69. The molecule has 1 rings (SSSR count). The number of nitrogens with one attached hydrogen (secondary N) is 1. The van der Waals surface area contributed by atoms with Crippen LogP contribution in [0.5, 0.6) is 0 Å². The van der Waals surface area contributed by atoms with Crippen LogP contribution in [-0.4, -0.2) is 31.3 Å². The topological polar surface area (TPSA) is 64.6 Å². The third-order valence-corrected chi connectivity index (χ3v) is 4.13. The third kappa shape index (κ3) is 10.1. The summed E-state index contributed by atoms with van der Waals surface area (Å²) in [5.41, 5.74) is 0.960. The van der Waals surface area contributed by atoms with Crippen molar-refractivity contribution in [3.8, 4) is 0 Å². The molecule has 0 spiro atoms. The van der Waals surface area contributed by atoms with E-state index in [4.69, 9.17) is 9.47 Å². The highest BCUT2D eigenvalue weighted by Gasteiger charge is 2.23. The van der Waals surface area contributed by atoms with Gasteiger partial charge in [-0.1, -0.05) is 75.8 Å². The van der Waals surface area contributed by atoms with Gasteiger partial charge in [-0.2, -0.15) is 0 Å². The minimum Gasteiger partial charge on any atom is -0.464 e. The molecular weight excluding hydrogens is 330 g/mol. The number of esters is 1. The van der Waals surface area contributed by atoms with Crippen molar-refractivity contribution in [1.82, 2.24) is 5.32 Å². The first-order valence-electron chi connectivity index (χ1n) is 9.81. The molecular formula is C21H33NO4. The highest BCUT2D eigenvalue weighted by Crippen LogP contribution is 2.08. The minimum absolute atomic E-state index is 0.261. The van der Waals surface area contributed by atoms with E-state index in [0.29, 0.717) is 13.0 Å². The van der Waals surface area contributed by atoms with Gasteiger partial charge < -0.3 is 14.8 Å². The van der Waals surface area contributed by atoms with Gasteiger partial charge in [0.25, 0.3) is 0 Å². The van der Waals surface area contributed by atoms with Crippen LogP contribution in [0.2, 0.25) is 0 Å². The fourth-order valence-corrected chi connectivity index (χ4v) is 2.69. The summed E-state index contributed by atoms with van der Waals surface area (Å²) in [6.45, 7) is 4.58. The number of unbranched alkanes of at least 4 members (excludes halogenated alkanes) is 6. The molecule has 1 aromatic carbocycles. The first kappa shape index (κ1) is 22.0. The number of hydrogen-bond donors (Lipinski definition) is 1. The van der Waals surface area contributed by atoms with Crippen LogP contribution in [0, 0.1) is 0 Å². The van der Waals surface area contributed by atoms with Crippen molar-refractivity contribution in [3.63, 3.8) is 0 Å². The zero-order valence-corrected chi connectivity index (χ0v) is 16.2. The van der Waals surface area contributed by atoms with Gasteiger partial charge in [0.1, 0.15) is 6.04 Å². The maximum Gasteiger partial charge on any atom is 0.407 e. The van der Waals surface area contributed by atoms with Crippen molar-refractivity contribution in [1.29, 1.82) is 0 Å². The van der Waals surface area contributed by atoms with Gasteiger partial charge in [-0.25, -0.2) is 9.59 Å². The van der Waals surface area contributed by atoms with Gasteiger partial charge in [-0.15, -0.1) is 0 Å². The van der Waals surface area contributed by atoms with E-state index in [9.17, 15) is 9.59 Å². The largest absolute Gasteiger partial charge is 0.464 e. The molecule has 1 aromatic rings. The zero-order chi connectivity index (χ0) is 19.0. The second kappa shape index (κ2) is 14.2. The van der Waals surface area contributed by atoms with E-state index in [1.165, 1.54) is 32.1 Å². The molecule has 0 aliphatic carbocycles. The quantitative estimate of drug-likeness (QED) is 0.410. The standard InChI is InChI=1S/C21H33NO4/c1-3-5-6-7-8-9-13-16-26-20(23)19(22-21(24)25-4-2)17-18-14-11-10-12-15-18/h10-12,14-15,19H,3-9,13,16-17H2,1-2H3,(H,22,24)/t19-/m0/s1. The Kier molecular flexibility index (Phi) is 12.0. The van der Waals surface area contributed by atoms with Crippen molar-refractivity contribution in [3.05, 3.63) is 35.9 Å². The Hall–Kier alpha value is -2.04. The molecule has 1 N–H and O–H groups in total. The molecule has 1 amide bonds. The van der Waals surface area contributed by atoms with Crippen molar-refractivity contribution in [2.24, 2.45) is 0 Å². The molecule has 0 heterocycles. The van der Waals surface area contributed by atoms with Gasteiger partial charge in [0, 0.05) is 6.42 Å². The summed E-state index contributed by atoms with van der Waals surface area (Å²) in [6.07, 6.45) is 7.93. The van der Waals surface area contributed by atoms with Crippen LogP contribution in [-0.2, 0) is 20.7 Å². The molecule has 26 heavy (non-hydrogen) atoms. The Morgan fingerprint density at radius 1 is 0.923 bits per heavy atom. The highest BCUT2D eigenvalue weighted by atomic mass is 16.6. The first-order chi connectivity index (χ1) is 12.7. The molecule has 0 saturated carbocycles. The van der Waals surface area contributed by atoms with Crippen molar-refractivity contribution >= 4 is 12.1 Å². The van der Waals surface area contributed by atoms with Crippen LogP contribution in [0.3, 0.4) is 0 Å². The third-order valence-electron chi connectivity index (χ3n) is 4.13. The number of amides is 1. The lowest BCUT2D eigenvalue weighted by molar-refractivity contribution is -0.146. The molecule has 0 unspecified atom stereocenters. The Labute approximate surface area is 157 Å². The summed E-state index contributed by atoms with van der Waals surface area (Å²) >= 11 is 0. The molecule has 0 saturated heterocycles. The van der Waals surface area contributed by atoms with Gasteiger partial charge >= 0.3 is 12.1 Å². The molecule has 5 heteroatoms. The van der Waals surface area contributed by atoms with Crippen LogP contribution in [0.25, 0.3) is 0 Å². The second-order valence-corrected chi connectivity index (χ2v) is 6.40. The van der Waals surface area contributed by atoms with E-state index < -0.39 is 18.1 Å². The lowest BCUT2D eigenvalue weighted by atomic mass is 10.1. The number of alkyl carbamates (subject to hydrolysis) is 1. The molecule has 0 aliphatic rings. The SMILES string of the molecule is CCCCCCCCCOC(=O)[C@H](Cc1ccccc1)NC(=O)OCC. The number of ether oxygens (including phenoxy) is 2. The van der Waals surface area contributed by atoms with Crippen LogP contribution < -0.4 is 5.32 Å². The molecule has 0 fully saturated rings. The predicted octanol–water partition coefficient (Wildman–Crippen LogP) is 4.64. The van der Waals surface area contributed by atoms with Gasteiger partial charge in [0.2, 0.25) is 0 Å². The summed E-state index contributed by atoms with van der Waals surface area (Å²) in [4.78, 5) is 24.1. The zero-order valence-electron chi connectivity index (χ0n) is 16.2. The average Bonchev–Trinajstić information content (AvgIpc) is 2.64. The average molecular weight is 363 g/mol. The van der Waals surface area contributed by atoms with Crippen LogP contribution in [0.15, 0.2) is 30.3 Å². The molecule has 0 aromatic heterocycles. The summed E-state index contributed by atoms with van der Waals surface area (Å²) < 4.78 is 10.3. The Balaban J connectivity index is 2.39. The van der Waals surface area contributed by atoms with Gasteiger partial charge in [-0.3, -0.25) is 0 Å². The minimum atomic E-state index is -0.735. The highest BCUT2D eigenvalue weighted by molar-refractivity contribution is 5.81. The number of rotatable bonds is 13. The maximum atomic E-state index is 12.4. The lowest BCUT2D eigenvalue weighted by Gasteiger charge is -2.17. The van der Waals surface area contributed by atoms with Gasteiger partial charge in [0.15, 0.2) is 0 Å². The van der Waals surface area contributed by atoms with E-state index in [1.54, 1.807) is 6.92 Å². The molecule has 0 radical (unpaired) electrons. The molecule has 0 aliphatic heterocycles. The Morgan fingerprint density at radius 3 is 2.23 bits per heavy atom. The molecule has 146 valence electrons. The lowest BCUT2D eigenvalue weighted by Crippen LogP contribution is -2.43. The van der Waals surface area contributed by atoms with Crippen LogP contribution in [0.4, 0.5) is 4.79 Å². The molecule has 1 atom stereocenters. The summed E-state index contributed by atoms with van der Waals surface area (Å²) in [5, 5.41) is 2.61. The van der Waals surface area contributed by atoms with Crippen molar-refractivity contribution < 1.29 is 19.1 Å². The normalized spacial score (nSPS) is 11.6. The van der Waals surface area contributed by atoms with E-state index >= 15 is 0 Å². The number of benzene rings is 1. The van der Waals surface area contributed by atoms with Crippen LogP contribution in [0.1, 0.15) is 64.4 Å². The summed E-state index contributed by atoms with van der Waals surface area (Å²) in [7, 11) is 0. The fraction of sp³-hybridized carbons (Fsp3) is 0.619. The maximum absolute atomic E-state index is 12.4. The van der Waals surface area contributed by atoms with Crippen molar-refractivity contribution in [2.45, 2.75) is 71.3 Å². The van der Waals surface area contributed by atoms with Gasteiger partial charge in [-0.05, 0) is 18.9 Å². The van der Waals surface area contributed by atoms with Gasteiger partial charge in [0.05, 0.1) is 13.2 Å². The molecule has 5 nitrogen and oxygen atoms in total. The Morgan fingerprint density at radius 2 is 1.58 bits per heavy atom.